The van der Waals surface area contributed by atoms with E-state index in [4.69, 9.17) is 14.2 Å². The predicted octanol–water partition coefficient (Wildman–Crippen LogP) is 2.74. The van der Waals surface area contributed by atoms with Crippen molar-refractivity contribution in [3.63, 3.8) is 0 Å². The topological polar surface area (TPSA) is 130 Å². The maximum absolute atomic E-state index is 12.8. The minimum Gasteiger partial charge on any atom is -0.491 e. The zero-order chi connectivity index (χ0) is 32.2. The van der Waals surface area contributed by atoms with Crippen LogP contribution >= 0.6 is 0 Å². The molecule has 4 atom stereocenters. The van der Waals surface area contributed by atoms with Crippen LogP contribution in [0.5, 0.6) is 5.75 Å². The van der Waals surface area contributed by atoms with Crippen LogP contribution in [0, 0.1) is 0 Å². The van der Waals surface area contributed by atoms with E-state index in [2.05, 4.69) is 72.6 Å². The Kier molecular flexibility index (Phi) is 8.96. The summed E-state index contributed by atoms with van der Waals surface area (Å²) < 4.78 is 21.8. The van der Waals surface area contributed by atoms with Gasteiger partial charge < -0.3 is 19.1 Å². The number of hydrogen-bond acceptors (Lipinski definition) is 11. The molecule has 3 aromatic heterocycles. The van der Waals surface area contributed by atoms with Crippen LogP contribution in [-0.4, -0.2) is 96.0 Å². The number of rotatable bonds is 11. The Bertz CT molecular complexity index is 1730. The zero-order valence-electron chi connectivity index (χ0n) is 26.7. The second kappa shape index (κ2) is 13.6. The Morgan fingerprint density at radius 2 is 1.85 bits per heavy atom. The molecule has 1 aliphatic carbocycles. The Morgan fingerprint density at radius 1 is 1.04 bits per heavy atom. The molecule has 3 aliphatic rings. The molecular formula is C33H40N10O4. The Morgan fingerprint density at radius 3 is 2.55 bits per heavy atom. The van der Waals surface area contributed by atoms with Gasteiger partial charge in [-0.05, 0) is 62.2 Å². The molecule has 2 saturated heterocycles. The molecule has 0 radical (unpaired) electrons. The molecule has 2 aliphatic heterocycles. The Balaban J connectivity index is 0.892. The van der Waals surface area contributed by atoms with Gasteiger partial charge in [0.25, 0.3) is 0 Å². The Labute approximate surface area is 272 Å². The molecule has 1 aromatic carbocycles. The van der Waals surface area contributed by atoms with Gasteiger partial charge in [0.1, 0.15) is 37.0 Å². The monoisotopic (exact) mass is 640 g/mol. The summed E-state index contributed by atoms with van der Waals surface area (Å²) in [5.41, 5.74) is 2.54. The molecule has 2 unspecified atom stereocenters. The van der Waals surface area contributed by atoms with Crippen molar-refractivity contribution in [3.05, 3.63) is 95.7 Å². The number of nitrogens with zero attached hydrogens (tertiary/aromatic N) is 10. The van der Waals surface area contributed by atoms with Crippen LogP contribution in [0.3, 0.4) is 0 Å². The maximum Gasteiger partial charge on any atom is 0.350 e. The summed E-state index contributed by atoms with van der Waals surface area (Å²) in [5.74, 6) is -0.374. The highest BCUT2D eigenvalue weighted by molar-refractivity contribution is 5.58. The number of anilines is 1. The molecule has 0 amide bonds. The van der Waals surface area contributed by atoms with E-state index in [-0.39, 0.29) is 24.4 Å². The molecule has 246 valence electrons. The van der Waals surface area contributed by atoms with Crippen molar-refractivity contribution >= 4 is 11.4 Å². The third-order valence-corrected chi connectivity index (χ3v) is 9.10. The number of ether oxygens (including phenoxy) is 3. The van der Waals surface area contributed by atoms with Crippen molar-refractivity contribution in [1.29, 1.82) is 0 Å². The zero-order valence-corrected chi connectivity index (χ0v) is 26.7. The van der Waals surface area contributed by atoms with E-state index in [0.717, 1.165) is 50.5 Å². The molecule has 14 heteroatoms. The largest absolute Gasteiger partial charge is 0.491 e. The van der Waals surface area contributed by atoms with Gasteiger partial charge in [0, 0.05) is 49.8 Å². The first-order chi connectivity index (χ1) is 23.0. The van der Waals surface area contributed by atoms with E-state index in [1.165, 1.54) is 10.5 Å². The molecule has 0 spiro atoms. The minimum absolute atomic E-state index is 0.0839. The predicted molar refractivity (Wildman–Crippen MR) is 174 cm³/mol. The van der Waals surface area contributed by atoms with E-state index >= 15 is 0 Å². The fraction of sp³-hybridized carbons (Fsp3) is 0.455. The van der Waals surface area contributed by atoms with Crippen molar-refractivity contribution in [2.75, 3.05) is 44.3 Å². The van der Waals surface area contributed by atoms with Crippen LogP contribution in [0.25, 0.3) is 5.70 Å². The molecule has 4 aromatic rings. The number of aromatic nitrogens is 8. The summed E-state index contributed by atoms with van der Waals surface area (Å²) in [4.78, 5) is 19.2. The first kappa shape index (κ1) is 31.0. The molecule has 0 saturated carbocycles. The number of hydrogen-bond donors (Lipinski definition) is 0. The second-order valence-corrected chi connectivity index (χ2v) is 12.1. The molecule has 5 heterocycles. The summed E-state index contributed by atoms with van der Waals surface area (Å²) in [6, 6.07) is 12.3. The normalized spacial score (nSPS) is 24.0. The fourth-order valence-electron chi connectivity index (χ4n) is 6.23. The third-order valence-electron chi connectivity index (χ3n) is 9.10. The molecule has 14 nitrogen and oxygen atoms in total. The van der Waals surface area contributed by atoms with E-state index in [9.17, 15) is 4.79 Å². The average molecular weight is 641 g/mol. The fourth-order valence-corrected chi connectivity index (χ4v) is 6.23. The third kappa shape index (κ3) is 6.62. The van der Waals surface area contributed by atoms with Crippen molar-refractivity contribution in [1.82, 2.24) is 44.4 Å². The van der Waals surface area contributed by atoms with Gasteiger partial charge in [0.2, 0.25) is 5.79 Å². The highest BCUT2D eigenvalue weighted by Crippen LogP contribution is 2.35. The van der Waals surface area contributed by atoms with Crippen LogP contribution < -0.4 is 15.3 Å². The molecule has 47 heavy (non-hydrogen) atoms. The lowest BCUT2D eigenvalue weighted by atomic mass is 10.0. The SMILES string of the molecule is CCC(C)n1ncn(C2=CCC(N3CCN(c4ccc(OC[C@@H]5CO[C@@](Cn6nccn6)(c6cccnn6)O5)cc4)CC3)C=C2)c1=O. The summed E-state index contributed by atoms with van der Waals surface area (Å²) in [6.07, 6.45) is 14.3. The van der Waals surface area contributed by atoms with Crippen LogP contribution in [-0.2, 0) is 21.8 Å². The average Bonchev–Trinajstić information content (AvgIpc) is 3.89. The van der Waals surface area contributed by atoms with Crippen molar-refractivity contribution < 1.29 is 14.2 Å². The molecule has 2 fully saturated rings. The van der Waals surface area contributed by atoms with Gasteiger partial charge in [-0.25, -0.2) is 14.0 Å². The Hall–Kier alpha value is -4.66. The van der Waals surface area contributed by atoms with Crippen molar-refractivity contribution in [2.24, 2.45) is 0 Å². The lowest BCUT2D eigenvalue weighted by molar-refractivity contribution is -0.195. The quantitative estimate of drug-likeness (QED) is 0.240. The van der Waals surface area contributed by atoms with E-state index < -0.39 is 5.79 Å². The van der Waals surface area contributed by atoms with Crippen LogP contribution in [0.2, 0.25) is 0 Å². The first-order valence-electron chi connectivity index (χ1n) is 16.2. The lowest BCUT2D eigenvalue weighted by Crippen LogP contribution is -2.50. The van der Waals surface area contributed by atoms with Gasteiger partial charge in [0.05, 0.1) is 25.0 Å². The van der Waals surface area contributed by atoms with Gasteiger partial charge in [-0.15, -0.1) is 5.10 Å². The minimum atomic E-state index is -1.14. The number of benzene rings is 1. The van der Waals surface area contributed by atoms with E-state index in [1.807, 2.05) is 25.1 Å². The van der Waals surface area contributed by atoms with Gasteiger partial charge in [-0.2, -0.15) is 25.2 Å². The highest BCUT2D eigenvalue weighted by atomic mass is 16.8. The summed E-state index contributed by atoms with van der Waals surface area (Å²) in [6.45, 7) is 8.78. The van der Waals surface area contributed by atoms with E-state index in [0.29, 0.717) is 24.9 Å². The van der Waals surface area contributed by atoms with Gasteiger partial charge in [-0.1, -0.05) is 19.1 Å². The maximum atomic E-state index is 12.8. The molecular weight excluding hydrogens is 600 g/mol. The molecule has 7 rings (SSSR count). The summed E-state index contributed by atoms with van der Waals surface area (Å²) in [5, 5.41) is 21.0. The molecule has 0 N–H and O–H groups in total. The van der Waals surface area contributed by atoms with Crippen LogP contribution in [0.4, 0.5) is 5.69 Å². The van der Waals surface area contributed by atoms with E-state index in [1.54, 1.807) is 40.2 Å². The number of piperazine rings is 1. The molecule has 0 bridgehead atoms. The highest BCUT2D eigenvalue weighted by Gasteiger charge is 2.46. The summed E-state index contributed by atoms with van der Waals surface area (Å²) in [7, 11) is 0. The standard InChI is InChI=1S/C33H40N10O4/c1-3-25(2)43-32(44)41(24-37-43)28-8-6-26(7-9-28)39-17-19-40(20-18-39)27-10-12-29(13-11-27)45-21-30-22-46-33(47-30,23-42-35-15-16-36-42)31-5-4-14-34-38-31/h4-6,8-16,24-26,30H,3,7,17-23H2,1-2H3/t25?,26?,30-,33-/m1/s1. The van der Waals surface area contributed by atoms with Crippen molar-refractivity contribution in [3.8, 4) is 5.75 Å². The van der Waals surface area contributed by atoms with Crippen LogP contribution in [0.15, 0.2) is 84.3 Å². The second-order valence-electron chi connectivity index (χ2n) is 12.1. The first-order valence-corrected chi connectivity index (χ1v) is 16.2. The number of allylic oxidation sites excluding steroid dienone is 2. The van der Waals surface area contributed by atoms with Crippen LogP contribution in [0.1, 0.15) is 38.4 Å². The van der Waals surface area contributed by atoms with Gasteiger partial charge >= 0.3 is 5.69 Å². The van der Waals surface area contributed by atoms with Gasteiger partial charge in [-0.3, -0.25) is 4.90 Å². The van der Waals surface area contributed by atoms with Gasteiger partial charge in [0.15, 0.2) is 0 Å². The smallest absolute Gasteiger partial charge is 0.350 e. The lowest BCUT2D eigenvalue weighted by Gasteiger charge is -2.39. The summed E-state index contributed by atoms with van der Waals surface area (Å²) >= 11 is 0. The van der Waals surface area contributed by atoms with Crippen molar-refractivity contribution in [2.45, 2.75) is 57.2 Å².